The van der Waals surface area contributed by atoms with Crippen LogP contribution in [0.2, 0.25) is 0 Å². The van der Waals surface area contributed by atoms with Crippen LogP contribution in [0.15, 0.2) is 53.8 Å². The maximum Gasteiger partial charge on any atom is 0.416 e. The normalized spacial score (nSPS) is 16.6. The van der Waals surface area contributed by atoms with E-state index in [1.807, 2.05) is 0 Å². The van der Waals surface area contributed by atoms with Crippen molar-refractivity contribution in [2.24, 2.45) is 10.7 Å². The molecule has 0 bridgehead atoms. The van der Waals surface area contributed by atoms with Crippen molar-refractivity contribution in [1.29, 1.82) is 0 Å². The van der Waals surface area contributed by atoms with E-state index in [2.05, 4.69) is 25.4 Å². The number of guanidine groups is 1. The molecule has 1 aliphatic rings. The van der Waals surface area contributed by atoms with Crippen LogP contribution in [0.25, 0.3) is 11.4 Å². The summed E-state index contributed by atoms with van der Waals surface area (Å²) in [5.41, 5.74) is 6.31. The van der Waals surface area contributed by atoms with Gasteiger partial charge >= 0.3 is 6.18 Å². The molecule has 2 aromatic heterocycles. The number of nitrogens with two attached hydrogens (primary N) is 1. The molecule has 0 aliphatic carbocycles. The Morgan fingerprint density at radius 2 is 1.73 bits per heavy atom. The lowest BCUT2D eigenvalue weighted by Crippen LogP contribution is -2.32. The predicted octanol–water partition coefficient (Wildman–Crippen LogP) is 2.65. The van der Waals surface area contributed by atoms with E-state index in [1.54, 1.807) is 24.5 Å². The van der Waals surface area contributed by atoms with Crippen molar-refractivity contribution in [3.63, 3.8) is 0 Å². The fourth-order valence-corrected chi connectivity index (χ4v) is 2.60. The third-order valence-corrected chi connectivity index (χ3v) is 3.84. The predicted molar refractivity (Wildman–Crippen MR) is 88.1 cm³/mol. The first kappa shape index (κ1) is 16.1. The van der Waals surface area contributed by atoms with E-state index in [9.17, 15) is 13.2 Å². The van der Waals surface area contributed by atoms with Crippen molar-refractivity contribution in [2.45, 2.75) is 12.3 Å². The zero-order chi connectivity index (χ0) is 18.3. The van der Waals surface area contributed by atoms with Crippen molar-refractivity contribution in [2.75, 3.05) is 5.32 Å². The average Bonchev–Trinajstić information content (AvgIpc) is 3.05. The number of benzene rings is 1. The van der Waals surface area contributed by atoms with Crippen LogP contribution in [-0.4, -0.2) is 25.7 Å². The molecule has 10 heteroatoms. The Labute approximate surface area is 145 Å². The number of alkyl halides is 3. The first-order valence-electron chi connectivity index (χ1n) is 7.56. The molecule has 1 aromatic carbocycles. The van der Waals surface area contributed by atoms with Crippen molar-refractivity contribution >= 4 is 11.9 Å². The van der Waals surface area contributed by atoms with Crippen molar-refractivity contribution < 1.29 is 13.2 Å². The van der Waals surface area contributed by atoms with E-state index in [4.69, 9.17) is 5.73 Å². The van der Waals surface area contributed by atoms with E-state index in [0.717, 1.165) is 17.7 Å². The molecule has 0 saturated carbocycles. The molecule has 26 heavy (non-hydrogen) atoms. The minimum absolute atomic E-state index is 0.107. The Morgan fingerprint density at radius 1 is 1.04 bits per heavy atom. The third-order valence-electron chi connectivity index (χ3n) is 3.84. The first-order chi connectivity index (χ1) is 12.4. The van der Waals surface area contributed by atoms with Crippen LogP contribution in [0.4, 0.5) is 19.1 Å². The van der Waals surface area contributed by atoms with Crippen molar-refractivity contribution in [3.8, 4) is 11.4 Å². The molecular weight excluding hydrogens is 347 g/mol. The van der Waals surface area contributed by atoms with Gasteiger partial charge in [0.25, 0.3) is 0 Å². The number of aromatic nitrogens is 4. The number of hydrogen-bond donors (Lipinski definition) is 2. The Morgan fingerprint density at radius 3 is 2.38 bits per heavy atom. The molecule has 0 saturated heterocycles. The summed E-state index contributed by atoms with van der Waals surface area (Å²) in [5.74, 6) is 0.891. The molecule has 4 rings (SSSR count). The lowest BCUT2D eigenvalue weighted by atomic mass is 10.1. The van der Waals surface area contributed by atoms with E-state index in [1.165, 1.54) is 16.8 Å². The van der Waals surface area contributed by atoms with Crippen LogP contribution in [0.1, 0.15) is 17.3 Å². The van der Waals surface area contributed by atoms with Crippen LogP contribution >= 0.6 is 0 Å². The van der Waals surface area contributed by atoms with Crippen LogP contribution in [0.5, 0.6) is 0 Å². The Kier molecular flexibility index (Phi) is 3.60. The molecule has 0 fully saturated rings. The molecule has 1 unspecified atom stereocenters. The zero-order valence-electron chi connectivity index (χ0n) is 13.1. The van der Waals surface area contributed by atoms with Gasteiger partial charge in [0.1, 0.15) is 0 Å². The summed E-state index contributed by atoms with van der Waals surface area (Å²) in [6.45, 7) is 0. The van der Waals surface area contributed by atoms with E-state index in [0.29, 0.717) is 17.3 Å². The fourth-order valence-electron chi connectivity index (χ4n) is 2.60. The third kappa shape index (κ3) is 2.85. The molecule has 3 aromatic rings. The Hall–Kier alpha value is -3.43. The molecule has 1 aliphatic heterocycles. The highest BCUT2D eigenvalue weighted by Gasteiger charge is 2.31. The van der Waals surface area contributed by atoms with Crippen LogP contribution in [0, 0.1) is 0 Å². The number of aliphatic imine (C=N–C) groups is 1. The number of rotatable bonds is 2. The molecule has 3 heterocycles. The lowest BCUT2D eigenvalue weighted by molar-refractivity contribution is -0.137. The summed E-state index contributed by atoms with van der Waals surface area (Å²) in [7, 11) is 0. The van der Waals surface area contributed by atoms with Gasteiger partial charge in [-0.25, -0.2) is 9.67 Å². The minimum Gasteiger partial charge on any atom is -0.370 e. The van der Waals surface area contributed by atoms with Crippen molar-refractivity contribution in [1.82, 2.24) is 19.7 Å². The summed E-state index contributed by atoms with van der Waals surface area (Å²) in [6, 6.07) is 8.21. The highest BCUT2D eigenvalue weighted by Crippen LogP contribution is 2.32. The van der Waals surface area contributed by atoms with Crippen LogP contribution < -0.4 is 11.1 Å². The topological polar surface area (TPSA) is 94.0 Å². The second kappa shape index (κ2) is 5.83. The molecule has 0 amide bonds. The largest absolute Gasteiger partial charge is 0.416 e. The maximum atomic E-state index is 12.8. The van der Waals surface area contributed by atoms with E-state index >= 15 is 0 Å². The summed E-state index contributed by atoms with van der Waals surface area (Å²) in [5, 5.41) is 7.22. The van der Waals surface area contributed by atoms with Gasteiger partial charge in [-0.2, -0.15) is 18.2 Å². The number of anilines is 1. The molecule has 7 nitrogen and oxygen atoms in total. The summed E-state index contributed by atoms with van der Waals surface area (Å²) in [6.07, 6.45) is -1.89. The Balaban J connectivity index is 1.74. The molecule has 132 valence electrons. The van der Waals surface area contributed by atoms with Gasteiger partial charge in [0.05, 0.1) is 5.56 Å². The molecule has 1 atom stereocenters. The van der Waals surface area contributed by atoms with Gasteiger partial charge in [0, 0.05) is 18.0 Å². The fraction of sp³-hybridized carbons (Fsp3) is 0.125. The van der Waals surface area contributed by atoms with E-state index < -0.39 is 17.9 Å². The van der Waals surface area contributed by atoms with Gasteiger partial charge < -0.3 is 5.73 Å². The first-order valence-corrected chi connectivity index (χ1v) is 7.56. The van der Waals surface area contributed by atoms with Crippen molar-refractivity contribution in [3.05, 3.63) is 59.9 Å². The minimum atomic E-state index is -4.40. The lowest BCUT2D eigenvalue weighted by Gasteiger charge is -2.21. The molecule has 0 radical (unpaired) electrons. The zero-order valence-corrected chi connectivity index (χ0v) is 13.1. The second-order valence-electron chi connectivity index (χ2n) is 5.57. The van der Waals surface area contributed by atoms with Gasteiger partial charge in [0.15, 0.2) is 17.9 Å². The number of fused-ring (bicyclic) bond motifs is 1. The van der Waals surface area contributed by atoms with Gasteiger partial charge in [-0.3, -0.25) is 10.3 Å². The number of halogens is 3. The summed E-state index contributed by atoms with van der Waals surface area (Å²) >= 11 is 0. The van der Waals surface area contributed by atoms with Gasteiger partial charge in [-0.1, -0.05) is 12.1 Å². The molecule has 0 spiro atoms. The monoisotopic (exact) mass is 359 g/mol. The molecular formula is C16H12F3N7. The molecule has 3 N–H and O–H groups in total. The van der Waals surface area contributed by atoms with Gasteiger partial charge in [0.2, 0.25) is 5.95 Å². The van der Waals surface area contributed by atoms with E-state index in [-0.39, 0.29) is 5.96 Å². The second-order valence-corrected chi connectivity index (χ2v) is 5.57. The summed E-state index contributed by atoms with van der Waals surface area (Å²) in [4.78, 5) is 12.6. The highest BCUT2D eigenvalue weighted by molar-refractivity contribution is 5.92. The average molecular weight is 359 g/mol. The number of hydrogen-bond acceptors (Lipinski definition) is 6. The van der Waals surface area contributed by atoms with Crippen LogP contribution in [-0.2, 0) is 6.18 Å². The quantitative estimate of drug-likeness (QED) is 0.734. The number of nitrogens with one attached hydrogen (secondary N) is 1. The number of pyridine rings is 1. The van der Waals surface area contributed by atoms with Gasteiger partial charge in [-0.05, 0) is 29.8 Å². The number of nitrogens with zero attached hydrogens (tertiary/aromatic N) is 5. The smallest absolute Gasteiger partial charge is 0.370 e. The SMILES string of the molecule is NC1=NC(c2ccc(C(F)(F)F)cc2)n2nc(-c3ccncc3)nc2N1. The summed E-state index contributed by atoms with van der Waals surface area (Å²) < 4.78 is 39.8. The standard InChI is InChI=1S/C16H12F3N7/c17-16(18,19)11-3-1-10(2-4-11)13-23-14(20)24-15-22-12(25-26(13)15)9-5-7-21-8-6-9/h1-8,13H,(H3,20,22,23,24,25). The highest BCUT2D eigenvalue weighted by atomic mass is 19.4. The van der Waals surface area contributed by atoms with Gasteiger partial charge in [-0.15, -0.1) is 5.10 Å². The Bertz CT molecular complexity index is 962. The van der Waals surface area contributed by atoms with Crippen LogP contribution in [0.3, 0.4) is 0 Å². The maximum absolute atomic E-state index is 12.8.